The molecule has 10 heteroatoms. The summed E-state index contributed by atoms with van der Waals surface area (Å²) in [6.45, 7) is 5.27. The first-order valence-electron chi connectivity index (χ1n) is 9.16. The number of ether oxygens (including phenoxy) is 1. The molecule has 29 heavy (non-hydrogen) atoms. The second-order valence-corrected chi connectivity index (χ2v) is 7.67. The number of hydrogen-bond donors (Lipinski definition) is 3. The van der Waals surface area contributed by atoms with Gasteiger partial charge in [0.05, 0.1) is 6.61 Å². The van der Waals surface area contributed by atoms with E-state index in [1.807, 2.05) is 0 Å². The van der Waals surface area contributed by atoms with Crippen molar-refractivity contribution in [3.05, 3.63) is 23.8 Å². The van der Waals surface area contributed by atoms with E-state index in [2.05, 4.69) is 10.6 Å². The maximum absolute atomic E-state index is 13.6. The number of carbonyl (C=O) groups is 3. The Labute approximate surface area is 167 Å². The number of rotatable bonds is 6. The number of carbonyl (C=O) groups excluding carboxylic acids is 3. The van der Waals surface area contributed by atoms with E-state index in [0.29, 0.717) is 12.3 Å². The van der Waals surface area contributed by atoms with E-state index in [4.69, 9.17) is 10.5 Å². The van der Waals surface area contributed by atoms with Gasteiger partial charge in [-0.05, 0) is 18.2 Å². The molecule has 160 valence electrons. The zero-order valence-electron chi connectivity index (χ0n) is 16.6. The van der Waals surface area contributed by atoms with Crippen molar-refractivity contribution in [2.75, 3.05) is 36.5 Å². The van der Waals surface area contributed by atoms with Crippen molar-refractivity contribution in [3.63, 3.8) is 0 Å². The number of benzene rings is 1. The summed E-state index contributed by atoms with van der Waals surface area (Å²) in [4.78, 5) is 37.9. The highest BCUT2D eigenvalue weighted by molar-refractivity contribution is 5.99. The van der Waals surface area contributed by atoms with Crippen LogP contribution in [0.3, 0.4) is 0 Å². The van der Waals surface area contributed by atoms with Crippen molar-refractivity contribution in [1.29, 1.82) is 0 Å². The molecule has 1 atom stereocenters. The molecule has 3 amide bonds. The highest BCUT2D eigenvalue weighted by Gasteiger charge is 2.28. The zero-order chi connectivity index (χ0) is 21.8. The quantitative estimate of drug-likeness (QED) is 0.654. The molecule has 1 aromatic carbocycles. The maximum atomic E-state index is 13.6. The van der Waals surface area contributed by atoms with Gasteiger partial charge in [-0.2, -0.15) is 0 Å². The number of alkyl halides is 2. The number of nitrogens with one attached hydrogen (secondary N) is 2. The fourth-order valence-electron chi connectivity index (χ4n) is 2.63. The Hall–Kier alpha value is -2.59. The fraction of sp³-hybridized carbons (Fsp3) is 0.526. The predicted molar refractivity (Wildman–Crippen MR) is 104 cm³/mol. The predicted octanol–water partition coefficient (Wildman–Crippen LogP) is 1.42. The topological polar surface area (TPSA) is 114 Å². The first-order valence-corrected chi connectivity index (χ1v) is 9.16. The van der Waals surface area contributed by atoms with Crippen molar-refractivity contribution >= 4 is 29.1 Å². The van der Waals surface area contributed by atoms with Crippen LogP contribution in [-0.2, 0) is 19.1 Å². The van der Waals surface area contributed by atoms with Gasteiger partial charge in [0.15, 0.2) is 0 Å². The van der Waals surface area contributed by atoms with Crippen LogP contribution >= 0.6 is 0 Å². The number of anilines is 2. The summed E-state index contributed by atoms with van der Waals surface area (Å²) in [5.74, 6) is -1.43. The summed E-state index contributed by atoms with van der Waals surface area (Å²) in [5.41, 5.74) is 4.58. The lowest BCUT2D eigenvalue weighted by molar-refractivity contribution is -0.131. The third-order valence-corrected chi connectivity index (χ3v) is 4.36. The number of nitrogens with two attached hydrogens (primary N) is 1. The van der Waals surface area contributed by atoms with Gasteiger partial charge in [-0.15, -0.1) is 0 Å². The minimum Gasteiger partial charge on any atom is -0.370 e. The molecule has 0 unspecified atom stereocenters. The summed E-state index contributed by atoms with van der Waals surface area (Å²) in [5, 5.41) is 4.91. The van der Waals surface area contributed by atoms with E-state index in [0.717, 1.165) is 6.07 Å². The van der Waals surface area contributed by atoms with Gasteiger partial charge in [-0.25, -0.2) is 8.78 Å². The van der Waals surface area contributed by atoms with Gasteiger partial charge >= 0.3 is 0 Å². The summed E-state index contributed by atoms with van der Waals surface area (Å²) in [7, 11) is 0. The molecule has 1 aromatic rings. The average molecular weight is 412 g/mol. The third kappa shape index (κ3) is 5.70. The Morgan fingerprint density at radius 1 is 1.31 bits per heavy atom. The molecule has 4 N–H and O–H groups in total. The summed E-state index contributed by atoms with van der Waals surface area (Å²) in [6.07, 6.45) is -2.89. The first kappa shape index (κ1) is 22.7. The Balaban J connectivity index is 2.21. The molecule has 1 fully saturated rings. The van der Waals surface area contributed by atoms with Crippen LogP contribution in [0.25, 0.3) is 0 Å². The van der Waals surface area contributed by atoms with Crippen LogP contribution in [0.4, 0.5) is 20.2 Å². The lowest BCUT2D eigenvalue weighted by Crippen LogP contribution is -2.51. The normalized spacial score (nSPS) is 16.0. The monoisotopic (exact) mass is 412 g/mol. The molecular weight excluding hydrogens is 386 g/mol. The molecule has 0 radical (unpaired) electrons. The molecule has 0 aliphatic carbocycles. The smallest absolute Gasteiger partial charge is 0.265 e. The van der Waals surface area contributed by atoms with Gasteiger partial charge in [0.25, 0.3) is 12.3 Å². The molecule has 1 heterocycles. The molecule has 8 nitrogen and oxygen atoms in total. The van der Waals surface area contributed by atoms with E-state index < -0.39 is 35.3 Å². The van der Waals surface area contributed by atoms with E-state index in [-0.39, 0.29) is 31.3 Å². The summed E-state index contributed by atoms with van der Waals surface area (Å²) < 4.78 is 32.2. The summed E-state index contributed by atoms with van der Waals surface area (Å²) >= 11 is 0. The van der Waals surface area contributed by atoms with Gasteiger partial charge < -0.3 is 26.0 Å². The Morgan fingerprint density at radius 2 is 2.00 bits per heavy atom. The average Bonchev–Trinajstić information content (AvgIpc) is 2.65. The largest absolute Gasteiger partial charge is 0.370 e. The second-order valence-electron chi connectivity index (χ2n) is 7.67. The van der Waals surface area contributed by atoms with Crippen LogP contribution in [0.2, 0.25) is 0 Å². The third-order valence-electron chi connectivity index (χ3n) is 4.36. The number of morpholine rings is 1. The molecular formula is C19H26F2N4O4. The van der Waals surface area contributed by atoms with Crippen molar-refractivity contribution in [1.82, 2.24) is 5.32 Å². The van der Waals surface area contributed by atoms with Crippen molar-refractivity contribution < 1.29 is 27.9 Å². The molecule has 0 spiro atoms. The Kier molecular flexibility index (Phi) is 7.26. The van der Waals surface area contributed by atoms with E-state index in [9.17, 15) is 23.2 Å². The van der Waals surface area contributed by atoms with Gasteiger partial charge in [-0.3, -0.25) is 14.4 Å². The lowest BCUT2D eigenvalue weighted by Gasteiger charge is -2.28. The summed E-state index contributed by atoms with van der Waals surface area (Å²) in [6, 6.07) is 2.86. The van der Waals surface area contributed by atoms with Crippen molar-refractivity contribution in [2.24, 2.45) is 11.1 Å². The van der Waals surface area contributed by atoms with Gasteiger partial charge in [0.1, 0.15) is 12.6 Å². The molecule has 1 aliphatic rings. The zero-order valence-corrected chi connectivity index (χ0v) is 16.6. The molecule has 1 saturated heterocycles. The molecule has 2 rings (SSSR count). The molecule has 0 saturated carbocycles. The van der Waals surface area contributed by atoms with Crippen LogP contribution in [0.5, 0.6) is 0 Å². The molecule has 0 aromatic heterocycles. The van der Waals surface area contributed by atoms with Gasteiger partial charge in [-0.1, -0.05) is 20.8 Å². The minimum atomic E-state index is -2.89. The first-order chi connectivity index (χ1) is 13.5. The number of hydrogen-bond acceptors (Lipinski definition) is 5. The van der Waals surface area contributed by atoms with Crippen molar-refractivity contribution in [2.45, 2.75) is 33.2 Å². The fourth-order valence-corrected chi connectivity index (χ4v) is 2.63. The van der Waals surface area contributed by atoms with E-state index >= 15 is 0 Å². The number of nitrogens with zero attached hydrogens (tertiary/aromatic N) is 1. The van der Waals surface area contributed by atoms with Crippen molar-refractivity contribution in [3.8, 4) is 0 Å². The Bertz CT molecular complexity index is 780. The van der Waals surface area contributed by atoms with E-state index in [1.165, 1.54) is 17.0 Å². The second kappa shape index (κ2) is 9.27. The number of halogens is 2. The highest BCUT2D eigenvalue weighted by Crippen LogP contribution is 2.32. The van der Waals surface area contributed by atoms with Gasteiger partial charge in [0, 0.05) is 35.4 Å². The van der Waals surface area contributed by atoms with Gasteiger partial charge in [0.2, 0.25) is 11.8 Å². The lowest BCUT2D eigenvalue weighted by atomic mass is 9.95. The maximum Gasteiger partial charge on any atom is 0.265 e. The van der Waals surface area contributed by atoms with Crippen LogP contribution in [0, 0.1) is 5.41 Å². The van der Waals surface area contributed by atoms with E-state index in [1.54, 1.807) is 20.8 Å². The van der Waals surface area contributed by atoms with Crippen LogP contribution in [0.1, 0.15) is 32.8 Å². The Morgan fingerprint density at radius 3 is 2.55 bits per heavy atom. The standard InChI is InChI=1S/C19H26F2N4O4/c1-19(2,3)18(28)24-14(9-22)17(27)23-13-5-4-11(8-12(13)16(20)21)25-6-7-29-10-15(25)26/h4-5,8,14,16H,6-7,9-10,22H2,1-3H3,(H,23,27)(H,24,28)/t14-/m0/s1. The minimum absolute atomic E-state index is 0.113. The van der Waals surface area contributed by atoms with Crippen LogP contribution < -0.4 is 21.3 Å². The highest BCUT2D eigenvalue weighted by atomic mass is 19.3. The molecule has 0 bridgehead atoms. The van der Waals surface area contributed by atoms with Crippen LogP contribution in [0.15, 0.2) is 18.2 Å². The number of amides is 3. The van der Waals surface area contributed by atoms with Crippen LogP contribution in [-0.4, -0.2) is 50.1 Å². The SMILES string of the molecule is CC(C)(C)C(=O)N[C@@H](CN)C(=O)Nc1ccc(N2CCOCC2=O)cc1C(F)F. The molecule has 1 aliphatic heterocycles.